The predicted molar refractivity (Wildman–Crippen MR) is 86.9 cm³/mol. The quantitative estimate of drug-likeness (QED) is 0.899. The molecule has 1 aromatic heterocycles. The van der Waals surface area contributed by atoms with E-state index in [2.05, 4.69) is 15.2 Å². The Morgan fingerprint density at radius 2 is 2.15 bits per heavy atom. The number of nitrogens with zero attached hydrogens (tertiary/aromatic N) is 2. The molecule has 20 heavy (non-hydrogen) atoms. The SMILES string of the molecule is CC(C(=O)NCCc1ccccn1)N1CSCCSC1. The van der Waals surface area contributed by atoms with Crippen molar-refractivity contribution in [2.45, 2.75) is 19.4 Å². The Hall–Kier alpha value is -0.720. The number of carbonyl (C=O) groups is 1. The van der Waals surface area contributed by atoms with Gasteiger partial charge < -0.3 is 5.32 Å². The van der Waals surface area contributed by atoms with E-state index in [-0.39, 0.29) is 11.9 Å². The van der Waals surface area contributed by atoms with E-state index in [1.807, 2.05) is 48.6 Å². The van der Waals surface area contributed by atoms with Crippen LogP contribution in [0.4, 0.5) is 0 Å². The van der Waals surface area contributed by atoms with Crippen LogP contribution < -0.4 is 5.32 Å². The molecule has 0 saturated carbocycles. The summed E-state index contributed by atoms with van der Waals surface area (Å²) in [6, 6.07) is 5.80. The maximum absolute atomic E-state index is 12.2. The molecule has 1 fully saturated rings. The van der Waals surface area contributed by atoms with Gasteiger partial charge in [-0.15, -0.1) is 23.5 Å². The van der Waals surface area contributed by atoms with Crippen molar-refractivity contribution in [1.82, 2.24) is 15.2 Å². The van der Waals surface area contributed by atoms with E-state index in [9.17, 15) is 4.79 Å². The van der Waals surface area contributed by atoms with Gasteiger partial charge in [0.05, 0.1) is 6.04 Å². The molecule has 0 aromatic carbocycles. The minimum Gasteiger partial charge on any atom is -0.354 e. The Morgan fingerprint density at radius 3 is 2.80 bits per heavy atom. The van der Waals surface area contributed by atoms with Gasteiger partial charge in [0.2, 0.25) is 5.91 Å². The highest BCUT2D eigenvalue weighted by Gasteiger charge is 2.22. The molecule has 2 heterocycles. The van der Waals surface area contributed by atoms with Crippen LogP contribution in [0.25, 0.3) is 0 Å². The van der Waals surface area contributed by atoms with Gasteiger partial charge in [-0.2, -0.15) is 0 Å². The number of rotatable bonds is 5. The van der Waals surface area contributed by atoms with Crippen LogP contribution in [0.5, 0.6) is 0 Å². The molecule has 1 N–H and O–H groups in total. The molecule has 1 unspecified atom stereocenters. The zero-order chi connectivity index (χ0) is 14.2. The Bertz CT molecular complexity index is 408. The van der Waals surface area contributed by atoms with Crippen LogP contribution in [0.2, 0.25) is 0 Å². The fourth-order valence-corrected chi connectivity index (χ4v) is 4.33. The van der Waals surface area contributed by atoms with Crippen molar-refractivity contribution in [3.8, 4) is 0 Å². The lowest BCUT2D eigenvalue weighted by Crippen LogP contribution is -2.45. The Morgan fingerprint density at radius 1 is 1.40 bits per heavy atom. The van der Waals surface area contributed by atoms with Crippen LogP contribution in [-0.2, 0) is 11.2 Å². The molecule has 1 saturated heterocycles. The summed E-state index contributed by atoms with van der Waals surface area (Å²) in [6.45, 7) is 2.64. The Balaban J connectivity index is 1.73. The second kappa shape index (κ2) is 8.54. The highest BCUT2D eigenvalue weighted by atomic mass is 32.2. The van der Waals surface area contributed by atoms with Gasteiger partial charge in [0.15, 0.2) is 0 Å². The van der Waals surface area contributed by atoms with Gasteiger partial charge in [0, 0.05) is 48.1 Å². The average Bonchev–Trinajstić information content (AvgIpc) is 2.76. The third kappa shape index (κ3) is 5.00. The normalized spacial score (nSPS) is 18.2. The third-order valence-corrected chi connectivity index (χ3v) is 5.49. The molecule has 1 aliphatic rings. The predicted octanol–water partition coefficient (Wildman–Crippen LogP) is 1.83. The summed E-state index contributed by atoms with van der Waals surface area (Å²) in [5, 5.41) is 3.01. The molecule has 1 atom stereocenters. The first-order valence-corrected chi connectivity index (χ1v) is 9.15. The van der Waals surface area contributed by atoms with E-state index in [1.54, 1.807) is 6.20 Å². The topological polar surface area (TPSA) is 45.2 Å². The second-order valence-corrected chi connectivity index (χ2v) is 6.85. The van der Waals surface area contributed by atoms with Gasteiger partial charge in [0.25, 0.3) is 0 Å². The summed E-state index contributed by atoms with van der Waals surface area (Å²) >= 11 is 3.81. The molecular formula is C14H21N3OS2. The smallest absolute Gasteiger partial charge is 0.237 e. The van der Waals surface area contributed by atoms with Crippen LogP contribution >= 0.6 is 23.5 Å². The summed E-state index contributed by atoms with van der Waals surface area (Å²) < 4.78 is 0. The van der Waals surface area contributed by atoms with Crippen molar-refractivity contribution in [1.29, 1.82) is 0 Å². The average molecular weight is 311 g/mol. The van der Waals surface area contributed by atoms with E-state index in [4.69, 9.17) is 0 Å². The van der Waals surface area contributed by atoms with Crippen LogP contribution in [0, 0.1) is 0 Å². The molecule has 2 rings (SSSR count). The second-order valence-electron chi connectivity index (χ2n) is 4.70. The van der Waals surface area contributed by atoms with Crippen LogP contribution in [0.15, 0.2) is 24.4 Å². The molecule has 0 bridgehead atoms. The number of carbonyl (C=O) groups excluding carboxylic acids is 1. The molecule has 0 spiro atoms. The summed E-state index contributed by atoms with van der Waals surface area (Å²) in [6.07, 6.45) is 2.56. The van der Waals surface area contributed by atoms with Gasteiger partial charge >= 0.3 is 0 Å². The molecule has 4 nitrogen and oxygen atoms in total. The fourth-order valence-electron chi connectivity index (χ4n) is 1.92. The zero-order valence-corrected chi connectivity index (χ0v) is 13.4. The molecule has 0 radical (unpaired) electrons. The minimum absolute atomic E-state index is 0.0585. The number of thioether (sulfide) groups is 2. The van der Waals surface area contributed by atoms with Gasteiger partial charge in [-0.25, -0.2) is 0 Å². The molecule has 1 aliphatic heterocycles. The monoisotopic (exact) mass is 311 g/mol. The Labute approximate surface area is 129 Å². The van der Waals surface area contributed by atoms with E-state index >= 15 is 0 Å². The lowest BCUT2D eigenvalue weighted by molar-refractivity contribution is -0.125. The van der Waals surface area contributed by atoms with Crippen molar-refractivity contribution in [3.05, 3.63) is 30.1 Å². The standard InChI is InChI=1S/C14H21N3OS2/c1-12(17-10-19-8-9-20-11-17)14(18)16-7-5-13-4-2-3-6-15-13/h2-4,6,12H,5,7-11H2,1H3,(H,16,18). The third-order valence-electron chi connectivity index (χ3n) is 3.22. The van der Waals surface area contributed by atoms with Gasteiger partial charge in [-0.3, -0.25) is 14.7 Å². The van der Waals surface area contributed by atoms with Crippen LogP contribution in [0.1, 0.15) is 12.6 Å². The first-order chi connectivity index (χ1) is 9.77. The molecule has 0 aliphatic carbocycles. The van der Waals surface area contributed by atoms with Gasteiger partial charge in [-0.1, -0.05) is 6.07 Å². The number of pyridine rings is 1. The number of hydrogen-bond acceptors (Lipinski definition) is 5. The summed E-state index contributed by atoms with van der Waals surface area (Å²) in [5.41, 5.74) is 1.02. The van der Waals surface area contributed by atoms with Crippen molar-refractivity contribution in [2.75, 3.05) is 29.8 Å². The molecule has 110 valence electrons. The van der Waals surface area contributed by atoms with Gasteiger partial charge in [0.1, 0.15) is 0 Å². The molecule has 1 aromatic rings. The number of nitrogens with one attached hydrogen (secondary N) is 1. The number of amides is 1. The molecule has 6 heteroatoms. The highest BCUT2D eigenvalue weighted by molar-refractivity contribution is 8.03. The lowest BCUT2D eigenvalue weighted by atomic mass is 10.2. The minimum atomic E-state index is -0.0585. The summed E-state index contributed by atoms with van der Waals surface area (Å²) in [5.74, 6) is 4.36. The Kier molecular flexibility index (Phi) is 6.69. The summed E-state index contributed by atoms with van der Waals surface area (Å²) in [7, 11) is 0. The van der Waals surface area contributed by atoms with Crippen LogP contribution in [0.3, 0.4) is 0 Å². The fraction of sp³-hybridized carbons (Fsp3) is 0.571. The number of aromatic nitrogens is 1. The van der Waals surface area contributed by atoms with Crippen molar-refractivity contribution in [2.24, 2.45) is 0 Å². The van der Waals surface area contributed by atoms with E-state index in [0.29, 0.717) is 6.54 Å². The maximum Gasteiger partial charge on any atom is 0.237 e. The van der Waals surface area contributed by atoms with Crippen molar-refractivity contribution in [3.63, 3.8) is 0 Å². The first kappa shape index (κ1) is 15.7. The van der Waals surface area contributed by atoms with E-state index in [0.717, 1.165) is 23.9 Å². The van der Waals surface area contributed by atoms with Gasteiger partial charge in [-0.05, 0) is 19.1 Å². The first-order valence-electron chi connectivity index (χ1n) is 6.84. The maximum atomic E-state index is 12.2. The number of hydrogen-bond donors (Lipinski definition) is 1. The van der Waals surface area contributed by atoms with Crippen molar-refractivity contribution >= 4 is 29.4 Å². The lowest BCUT2D eigenvalue weighted by Gasteiger charge is -2.25. The largest absolute Gasteiger partial charge is 0.354 e. The highest BCUT2D eigenvalue weighted by Crippen LogP contribution is 2.19. The van der Waals surface area contributed by atoms with E-state index < -0.39 is 0 Å². The summed E-state index contributed by atoms with van der Waals surface area (Å²) in [4.78, 5) is 18.6. The molecule has 1 amide bonds. The zero-order valence-electron chi connectivity index (χ0n) is 11.7. The van der Waals surface area contributed by atoms with Crippen LogP contribution in [-0.4, -0.2) is 51.6 Å². The van der Waals surface area contributed by atoms with Crippen molar-refractivity contribution < 1.29 is 4.79 Å². The van der Waals surface area contributed by atoms with E-state index in [1.165, 1.54) is 11.5 Å². The molecular weight excluding hydrogens is 290 g/mol.